The zero-order valence-corrected chi connectivity index (χ0v) is 13.9. The van der Waals surface area contributed by atoms with Crippen molar-refractivity contribution in [3.63, 3.8) is 0 Å². The lowest BCUT2D eigenvalue weighted by Crippen LogP contribution is -2.41. The molecular formula is C13H25NO5S. The Morgan fingerprint density at radius 2 is 1.60 bits per heavy atom. The number of amides is 1. The SMILES string of the molecule is CCC(C)(C)C(=O)NS(=O)(=O)CCC(=O)OC(C)(C)C. The summed E-state index contributed by atoms with van der Waals surface area (Å²) >= 11 is 0. The minimum atomic E-state index is -3.83. The Morgan fingerprint density at radius 1 is 1.10 bits per heavy atom. The van der Waals surface area contributed by atoms with Gasteiger partial charge in [0.15, 0.2) is 0 Å². The van der Waals surface area contributed by atoms with Gasteiger partial charge in [-0.05, 0) is 27.2 Å². The monoisotopic (exact) mass is 307 g/mol. The van der Waals surface area contributed by atoms with Crippen LogP contribution >= 0.6 is 0 Å². The third-order valence-electron chi connectivity index (χ3n) is 2.74. The van der Waals surface area contributed by atoms with Crippen LogP contribution in [0.4, 0.5) is 0 Å². The van der Waals surface area contributed by atoms with Crippen molar-refractivity contribution in [3.05, 3.63) is 0 Å². The molecule has 0 fully saturated rings. The molecule has 0 saturated heterocycles. The van der Waals surface area contributed by atoms with Crippen LogP contribution in [0.5, 0.6) is 0 Å². The molecule has 20 heavy (non-hydrogen) atoms. The summed E-state index contributed by atoms with van der Waals surface area (Å²) in [6.07, 6.45) is 0.229. The second-order valence-electron chi connectivity index (χ2n) is 6.32. The molecule has 0 saturated carbocycles. The van der Waals surface area contributed by atoms with E-state index in [0.29, 0.717) is 6.42 Å². The van der Waals surface area contributed by atoms with E-state index in [1.54, 1.807) is 41.5 Å². The Morgan fingerprint density at radius 3 is 2.00 bits per heavy atom. The standard InChI is InChI=1S/C13H25NO5S/c1-7-13(5,6)11(16)14-20(17,18)9-8-10(15)19-12(2,3)4/h7-9H2,1-6H3,(H,14,16). The fraction of sp³-hybridized carbons (Fsp3) is 0.846. The number of ether oxygens (including phenoxy) is 1. The molecule has 7 heteroatoms. The minimum Gasteiger partial charge on any atom is -0.460 e. The molecule has 1 amide bonds. The van der Waals surface area contributed by atoms with Gasteiger partial charge < -0.3 is 4.74 Å². The lowest BCUT2D eigenvalue weighted by molar-refractivity contribution is -0.154. The van der Waals surface area contributed by atoms with Crippen LogP contribution in [0.15, 0.2) is 0 Å². The highest BCUT2D eigenvalue weighted by molar-refractivity contribution is 7.90. The predicted octanol–water partition coefficient (Wildman–Crippen LogP) is 1.60. The van der Waals surface area contributed by atoms with E-state index in [1.807, 2.05) is 4.72 Å². The molecule has 0 radical (unpaired) electrons. The lowest BCUT2D eigenvalue weighted by Gasteiger charge is -2.21. The smallest absolute Gasteiger partial charge is 0.307 e. The van der Waals surface area contributed by atoms with Crippen LogP contribution < -0.4 is 4.72 Å². The van der Waals surface area contributed by atoms with Crippen molar-refractivity contribution in [1.82, 2.24) is 4.72 Å². The van der Waals surface area contributed by atoms with Gasteiger partial charge in [-0.25, -0.2) is 8.42 Å². The Kier molecular flexibility index (Phi) is 6.20. The maximum absolute atomic E-state index is 11.8. The zero-order valence-electron chi connectivity index (χ0n) is 13.1. The summed E-state index contributed by atoms with van der Waals surface area (Å²) in [5.41, 5.74) is -1.42. The molecule has 0 heterocycles. The first kappa shape index (κ1) is 18.9. The van der Waals surface area contributed by atoms with Crippen molar-refractivity contribution in [2.24, 2.45) is 5.41 Å². The van der Waals surface area contributed by atoms with Gasteiger partial charge in [0.2, 0.25) is 15.9 Å². The molecular weight excluding hydrogens is 282 g/mol. The molecule has 6 nitrogen and oxygen atoms in total. The maximum Gasteiger partial charge on any atom is 0.307 e. The topological polar surface area (TPSA) is 89.5 Å². The number of sulfonamides is 1. The molecule has 0 aromatic rings. The average molecular weight is 307 g/mol. The Hall–Kier alpha value is -1.11. The van der Waals surface area contributed by atoms with E-state index < -0.39 is 38.7 Å². The third kappa shape index (κ3) is 7.47. The fourth-order valence-corrected chi connectivity index (χ4v) is 2.20. The summed E-state index contributed by atoms with van der Waals surface area (Å²) < 4.78 is 30.5. The van der Waals surface area contributed by atoms with Gasteiger partial charge in [-0.3, -0.25) is 14.3 Å². The van der Waals surface area contributed by atoms with Crippen molar-refractivity contribution in [3.8, 4) is 0 Å². The van der Waals surface area contributed by atoms with Gasteiger partial charge in [-0.15, -0.1) is 0 Å². The number of esters is 1. The number of nitrogens with one attached hydrogen (secondary N) is 1. The van der Waals surface area contributed by atoms with Crippen molar-refractivity contribution in [2.45, 2.75) is 60.0 Å². The van der Waals surface area contributed by atoms with Crippen LogP contribution in [0.1, 0.15) is 54.4 Å². The Balaban J connectivity index is 4.49. The van der Waals surface area contributed by atoms with Gasteiger partial charge >= 0.3 is 5.97 Å². The fourth-order valence-electron chi connectivity index (χ4n) is 1.10. The summed E-state index contributed by atoms with van der Waals surface area (Å²) in [6.45, 7) is 10.2. The molecule has 118 valence electrons. The first-order valence-electron chi connectivity index (χ1n) is 6.56. The van der Waals surface area contributed by atoms with E-state index in [9.17, 15) is 18.0 Å². The number of hydrogen-bond acceptors (Lipinski definition) is 5. The Bertz CT molecular complexity index is 460. The quantitative estimate of drug-likeness (QED) is 0.753. The van der Waals surface area contributed by atoms with Crippen LogP contribution in [0.25, 0.3) is 0 Å². The second-order valence-corrected chi connectivity index (χ2v) is 8.17. The maximum atomic E-state index is 11.8. The van der Waals surface area contributed by atoms with Gasteiger partial charge in [0.25, 0.3) is 0 Å². The zero-order chi connectivity index (χ0) is 16.2. The summed E-state index contributed by atoms with van der Waals surface area (Å²) in [7, 11) is -3.83. The van der Waals surface area contributed by atoms with Crippen LogP contribution in [0.2, 0.25) is 0 Å². The summed E-state index contributed by atoms with van der Waals surface area (Å²) in [6, 6.07) is 0. The van der Waals surface area contributed by atoms with Gasteiger partial charge in [-0.1, -0.05) is 20.8 Å². The summed E-state index contributed by atoms with van der Waals surface area (Å²) in [4.78, 5) is 23.2. The highest BCUT2D eigenvalue weighted by Crippen LogP contribution is 2.19. The van der Waals surface area contributed by atoms with Crippen LogP contribution in [-0.4, -0.2) is 31.6 Å². The highest BCUT2D eigenvalue weighted by Gasteiger charge is 2.29. The van der Waals surface area contributed by atoms with Gasteiger partial charge in [0, 0.05) is 5.41 Å². The number of hydrogen-bond donors (Lipinski definition) is 1. The molecule has 0 bridgehead atoms. The first-order chi connectivity index (χ1) is 8.79. The van der Waals surface area contributed by atoms with Crippen molar-refractivity contribution < 1.29 is 22.7 Å². The van der Waals surface area contributed by atoms with E-state index in [0.717, 1.165) is 0 Å². The van der Waals surface area contributed by atoms with Crippen LogP contribution in [0.3, 0.4) is 0 Å². The molecule has 0 unspecified atom stereocenters. The number of carbonyl (C=O) groups is 2. The number of carbonyl (C=O) groups excluding carboxylic acids is 2. The van der Waals surface area contributed by atoms with Crippen LogP contribution in [0, 0.1) is 5.41 Å². The minimum absolute atomic E-state index is 0.285. The summed E-state index contributed by atoms with van der Waals surface area (Å²) in [5.74, 6) is -1.64. The van der Waals surface area contributed by atoms with E-state index >= 15 is 0 Å². The normalized spacial score (nSPS) is 12.9. The highest BCUT2D eigenvalue weighted by atomic mass is 32.2. The van der Waals surface area contributed by atoms with E-state index in [1.165, 1.54) is 0 Å². The number of rotatable bonds is 6. The predicted molar refractivity (Wildman–Crippen MR) is 76.5 cm³/mol. The molecule has 1 N–H and O–H groups in total. The van der Waals surface area contributed by atoms with Crippen molar-refractivity contribution in [1.29, 1.82) is 0 Å². The molecule has 0 spiro atoms. The molecule has 0 aromatic heterocycles. The molecule has 0 aromatic carbocycles. The van der Waals surface area contributed by atoms with E-state index in [2.05, 4.69) is 0 Å². The molecule has 0 aliphatic carbocycles. The molecule has 0 aliphatic rings. The lowest BCUT2D eigenvalue weighted by atomic mass is 9.90. The van der Waals surface area contributed by atoms with Crippen molar-refractivity contribution >= 4 is 21.9 Å². The molecule has 0 rings (SSSR count). The third-order valence-corrected chi connectivity index (χ3v) is 3.98. The van der Waals surface area contributed by atoms with Gasteiger partial charge in [0.1, 0.15) is 5.60 Å². The first-order valence-corrected chi connectivity index (χ1v) is 8.21. The second kappa shape index (κ2) is 6.56. The van der Waals surface area contributed by atoms with Gasteiger partial charge in [-0.2, -0.15) is 0 Å². The van der Waals surface area contributed by atoms with E-state index in [-0.39, 0.29) is 6.42 Å². The molecule has 0 aliphatic heterocycles. The van der Waals surface area contributed by atoms with Gasteiger partial charge in [0.05, 0.1) is 12.2 Å². The average Bonchev–Trinajstić information content (AvgIpc) is 2.23. The molecule has 0 atom stereocenters. The largest absolute Gasteiger partial charge is 0.460 e. The van der Waals surface area contributed by atoms with E-state index in [4.69, 9.17) is 4.74 Å². The van der Waals surface area contributed by atoms with Crippen molar-refractivity contribution in [2.75, 3.05) is 5.75 Å². The summed E-state index contributed by atoms with van der Waals surface area (Å²) in [5, 5.41) is 0. The Labute approximate surface area is 121 Å². The van der Waals surface area contributed by atoms with Crippen LogP contribution in [-0.2, 0) is 24.3 Å².